The highest BCUT2D eigenvalue weighted by Gasteiger charge is 2.28. The quantitative estimate of drug-likeness (QED) is 0.638. The Bertz CT molecular complexity index is 158. The predicted molar refractivity (Wildman–Crippen MR) is 32.0 cm³/mol. The lowest BCUT2D eigenvalue weighted by atomic mass is 10.6. The van der Waals surface area contributed by atoms with Crippen molar-refractivity contribution in [2.24, 2.45) is 0 Å². The molecule has 0 fully saturated rings. The number of hydrogen-bond acceptors (Lipinski definition) is 2. The van der Waals surface area contributed by atoms with E-state index < -0.39 is 24.4 Å². The summed E-state index contributed by atoms with van der Waals surface area (Å²) in [6.45, 7) is -1.38. The third-order valence-electron chi connectivity index (χ3n) is 0.676. The van der Waals surface area contributed by atoms with Gasteiger partial charge in [-0.05, 0) is 0 Å². The number of alkyl halides is 3. The van der Waals surface area contributed by atoms with E-state index in [2.05, 4.69) is 0 Å². The zero-order valence-corrected chi connectivity index (χ0v) is 6.09. The smallest absolute Gasteiger partial charge is 0.342 e. The molecule has 11 heavy (non-hydrogen) atoms. The molecule has 0 heterocycles. The number of amides is 1. The second-order valence-corrected chi connectivity index (χ2v) is 2.18. The van der Waals surface area contributed by atoms with Crippen molar-refractivity contribution in [2.45, 2.75) is 6.18 Å². The molecular weight excluding hydrogens is 183 g/mol. The topological polar surface area (TPSA) is 46.2 Å². The second kappa shape index (κ2) is 4.22. The molecule has 0 spiro atoms. The molecule has 7 heteroatoms. The Balaban J connectivity index is 3.54. The van der Waals surface area contributed by atoms with Crippen LogP contribution >= 0.6 is 0 Å². The Morgan fingerprint density at radius 3 is 2.36 bits per heavy atom. The highest BCUT2D eigenvalue weighted by molar-refractivity contribution is 7.66. The van der Waals surface area contributed by atoms with Crippen LogP contribution in [0.25, 0.3) is 0 Å². The molecule has 0 radical (unpaired) electrons. The third-order valence-corrected chi connectivity index (χ3v) is 1.06. The van der Waals surface area contributed by atoms with Crippen LogP contribution in [0.5, 0.6) is 0 Å². The first kappa shape index (κ1) is 10.3. The van der Waals surface area contributed by atoms with E-state index in [-0.39, 0.29) is 11.7 Å². The minimum Gasteiger partial charge on any atom is -0.342 e. The number of carbonyl (C=O) groups excluding carboxylic acids is 1. The molecule has 0 rings (SSSR count). The predicted octanol–water partition coefficient (Wildman–Crippen LogP) is 0.0930. The lowest BCUT2D eigenvalue weighted by Crippen LogP contribution is -2.35. The molecule has 0 saturated heterocycles. The molecule has 0 aliphatic heterocycles. The van der Waals surface area contributed by atoms with Crippen LogP contribution in [-0.4, -0.2) is 24.4 Å². The minimum absolute atomic E-state index is 0.0691. The molecule has 0 aliphatic rings. The highest BCUT2D eigenvalue weighted by Crippen LogP contribution is 2.11. The summed E-state index contributed by atoms with van der Waals surface area (Å²) in [5, 5.41) is 1.54. The van der Waals surface area contributed by atoms with Crippen molar-refractivity contribution in [3.8, 4) is 0 Å². The molecule has 64 valence electrons. The van der Waals surface area contributed by atoms with E-state index in [0.29, 0.717) is 0 Å². The van der Waals surface area contributed by atoms with Gasteiger partial charge in [-0.15, -0.1) is 0 Å². The lowest BCUT2D eigenvalue weighted by Gasteiger charge is -2.04. The van der Waals surface area contributed by atoms with Crippen LogP contribution in [0.2, 0.25) is 0 Å². The van der Waals surface area contributed by atoms with Crippen LogP contribution in [0.1, 0.15) is 0 Å². The molecule has 0 bridgehead atoms. The fraction of sp³-hybridized carbons (Fsp3) is 0.750. The Morgan fingerprint density at radius 1 is 1.45 bits per heavy atom. The van der Waals surface area contributed by atoms with Crippen LogP contribution in [-0.2, 0) is 20.7 Å². The largest absolute Gasteiger partial charge is 0.469 e. The summed E-state index contributed by atoms with van der Waals surface area (Å²) < 4.78 is 43.7. The van der Waals surface area contributed by atoms with Crippen molar-refractivity contribution in [3.05, 3.63) is 0 Å². The lowest BCUT2D eigenvalue weighted by molar-refractivity contribution is -0.136. The number of nitrogens with one attached hydrogen (secondary N) is 1. The SMILES string of the molecule is O=[S+]CC(=O)NCC(F)(F)F. The Labute approximate surface area is 64.4 Å². The van der Waals surface area contributed by atoms with Crippen molar-refractivity contribution < 1.29 is 22.2 Å². The van der Waals surface area contributed by atoms with E-state index in [1.807, 2.05) is 0 Å². The van der Waals surface area contributed by atoms with Gasteiger partial charge in [-0.25, -0.2) is 0 Å². The Kier molecular flexibility index (Phi) is 3.94. The second-order valence-electron chi connectivity index (χ2n) is 1.65. The first-order chi connectivity index (χ1) is 4.95. The highest BCUT2D eigenvalue weighted by atomic mass is 32.1. The third kappa shape index (κ3) is 7.17. The van der Waals surface area contributed by atoms with E-state index >= 15 is 0 Å². The van der Waals surface area contributed by atoms with Crippen LogP contribution in [0.4, 0.5) is 13.2 Å². The maximum Gasteiger partial charge on any atom is 0.469 e. The fourth-order valence-corrected chi connectivity index (χ4v) is 0.512. The maximum atomic E-state index is 11.4. The summed E-state index contributed by atoms with van der Waals surface area (Å²) in [6, 6.07) is 0. The molecule has 0 saturated carbocycles. The molecular formula is C4H5F3NO2S+. The molecule has 0 aromatic heterocycles. The monoisotopic (exact) mass is 188 g/mol. The molecule has 0 unspecified atom stereocenters. The first-order valence-electron chi connectivity index (χ1n) is 2.54. The molecule has 0 aromatic rings. The fourth-order valence-electron chi connectivity index (χ4n) is 0.303. The van der Waals surface area contributed by atoms with Crippen molar-refractivity contribution in [3.63, 3.8) is 0 Å². The van der Waals surface area contributed by atoms with Crippen LogP contribution in [0.15, 0.2) is 0 Å². The van der Waals surface area contributed by atoms with Crippen LogP contribution in [0, 0.1) is 0 Å². The van der Waals surface area contributed by atoms with Gasteiger partial charge in [-0.2, -0.15) is 13.2 Å². The van der Waals surface area contributed by atoms with Crippen molar-refractivity contribution in [2.75, 3.05) is 12.3 Å². The summed E-state index contributed by atoms with van der Waals surface area (Å²) in [5.41, 5.74) is 0. The number of rotatable bonds is 3. The van der Waals surface area contributed by atoms with Gasteiger partial charge in [0.1, 0.15) is 6.54 Å². The summed E-state index contributed by atoms with van der Waals surface area (Å²) >= 11 is -0.0691. The van der Waals surface area contributed by atoms with E-state index in [9.17, 15) is 22.2 Å². The van der Waals surface area contributed by atoms with Gasteiger partial charge in [0.2, 0.25) is 0 Å². The van der Waals surface area contributed by atoms with E-state index in [1.165, 1.54) is 5.32 Å². The van der Waals surface area contributed by atoms with Gasteiger partial charge in [-0.1, -0.05) is 0 Å². The van der Waals surface area contributed by atoms with E-state index in [1.54, 1.807) is 0 Å². The van der Waals surface area contributed by atoms with E-state index in [4.69, 9.17) is 0 Å². The van der Waals surface area contributed by atoms with Crippen molar-refractivity contribution in [1.29, 1.82) is 0 Å². The van der Waals surface area contributed by atoms with Crippen LogP contribution in [0.3, 0.4) is 0 Å². The molecule has 1 N–H and O–H groups in total. The minimum atomic E-state index is -4.41. The average Bonchev–Trinajstić information content (AvgIpc) is 1.83. The van der Waals surface area contributed by atoms with Gasteiger partial charge < -0.3 is 5.32 Å². The number of hydrogen-bond donors (Lipinski definition) is 1. The molecule has 0 aromatic carbocycles. The summed E-state index contributed by atoms with van der Waals surface area (Å²) in [6.07, 6.45) is -4.41. The molecule has 0 atom stereocenters. The number of carbonyl (C=O) groups is 1. The summed E-state index contributed by atoms with van der Waals surface area (Å²) in [5.74, 6) is -1.39. The summed E-state index contributed by atoms with van der Waals surface area (Å²) in [7, 11) is 0. The normalized spacial score (nSPS) is 10.8. The van der Waals surface area contributed by atoms with Gasteiger partial charge in [0.25, 0.3) is 5.91 Å². The first-order valence-corrected chi connectivity index (χ1v) is 3.45. The maximum absolute atomic E-state index is 11.4. The van der Waals surface area contributed by atoms with Gasteiger partial charge in [0.15, 0.2) is 0 Å². The van der Waals surface area contributed by atoms with E-state index in [0.717, 1.165) is 0 Å². The zero-order chi connectivity index (χ0) is 8.91. The molecule has 1 amide bonds. The van der Waals surface area contributed by atoms with Gasteiger partial charge >= 0.3 is 23.6 Å². The Hall–Kier alpha value is -0.720. The molecule has 3 nitrogen and oxygen atoms in total. The molecule has 0 aliphatic carbocycles. The average molecular weight is 188 g/mol. The van der Waals surface area contributed by atoms with Crippen molar-refractivity contribution in [1.82, 2.24) is 5.32 Å². The van der Waals surface area contributed by atoms with Gasteiger partial charge in [0.05, 0.1) is 0 Å². The Morgan fingerprint density at radius 2 is 2.00 bits per heavy atom. The zero-order valence-electron chi connectivity index (χ0n) is 5.27. The number of halogens is 3. The standard InChI is InChI=1S/C4H4F3NO2S/c5-4(6,7)2-8-3(9)1-11-10/h1-2H2/p+1. The van der Waals surface area contributed by atoms with Gasteiger partial charge in [0, 0.05) is 4.21 Å². The summed E-state index contributed by atoms with van der Waals surface area (Å²) in [4.78, 5) is 10.3. The van der Waals surface area contributed by atoms with Gasteiger partial charge in [-0.3, -0.25) is 4.79 Å². The van der Waals surface area contributed by atoms with Crippen LogP contribution < -0.4 is 5.32 Å². The van der Waals surface area contributed by atoms with Crippen molar-refractivity contribution >= 4 is 17.6 Å².